The Balaban J connectivity index is 2.54. The van der Waals surface area contributed by atoms with Crippen LogP contribution < -0.4 is 4.74 Å². The molecule has 0 fully saturated rings. The Morgan fingerprint density at radius 2 is 2.29 bits per heavy atom. The Morgan fingerprint density at radius 3 is 2.93 bits per heavy atom. The summed E-state index contributed by atoms with van der Waals surface area (Å²) in [7, 11) is 1.63. The van der Waals surface area contributed by atoms with E-state index in [0.717, 1.165) is 6.29 Å². The second-order valence-corrected chi connectivity index (χ2v) is 3.05. The summed E-state index contributed by atoms with van der Waals surface area (Å²) in [5, 5.41) is 0. The smallest absolute Gasteiger partial charge is 0.150 e. The van der Waals surface area contributed by atoms with Crippen molar-refractivity contribution in [1.29, 1.82) is 0 Å². The van der Waals surface area contributed by atoms with Crippen LogP contribution in [0.4, 0.5) is 0 Å². The maximum atomic E-state index is 10.5. The molecule has 0 spiro atoms. The first-order valence-corrected chi connectivity index (χ1v) is 4.47. The SMILES string of the molecule is CO[C@@H](C)COc1cccc(C=O)c1. The average Bonchev–Trinajstić information content (AvgIpc) is 2.26. The molecular formula is C11H14O3. The fourth-order valence-corrected chi connectivity index (χ4v) is 0.959. The van der Waals surface area contributed by atoms with Gasteiger partial charge in [0.05, 0.1) is 6.10 Å². The molecular weight excluding hydrogens is 180 g/mol. The van der Waals surface area contributed by atoms with E-state index in [2.05, 4.69) is 0 Å². The Morgan fingerprint density at radius 1 is 1.50 bits per heavy atom. The van der Waals surface area contributed by atoms with Crippen LogP contribution in [0.5, 0.6) is 5.75 Å². The van der Waals surface area contributed by atoms with E-state index >= 15 is 0 Å². The molecule has 1 atom stereocenters. The predicted octanol–water partition coefficient (Wildman–Crippen LogP) is 1.91. The van der Waals surface area contributed by atoms with Crippen molar-refractivity contribution in [2.75, 3.05) is 13.7 Å². The molecule has 0 heterocycles. The third-order valence-electron chi connectivity index (χ3n) is 1.88. The van der Waals surface area contributed by atoms with Crippen LogP contribution in [-0.4, -0.2) is 26.1 Å². The molecule has 0 radical (unpaired) electrons. The number of benzene rings is 1. The van der Waals surface area contributed by atoms with E-state index in [1.165, 1.54) is 0 Å². The fourth-order valence-electron chi connectivity index (χ4n) is 0.959. The summed E-state index contributed by atoms with van der Waals surface area (Å²) in [4.78, 5) is 10.5. The molecule has 0 aliphatic rings. The molecule has 1 aromatic rings. The minimum Gasteiger partial charge on any atom is -0.491 e. The lowest BCUT2D eigenvalue weighted by Crippen LogP contribution is -2.15. The molecule has 3 heteroatoms. The van der Waals surface area contributed by atoms with Crippen LogP contribution in [0.25, 0.3) is 0 Å². The molecule has 3 nitrogen and oxygen atoms in total. The predicted molar refractivity (Wildman–Crippen MR) is 53.8 cm³/mol. The molecule has 14 heavy (non-hydrogen) atoms. The Hall–Kier alpha value is -1.35. The topological polar surface area (TPSA) is 35.5 Å². The maximum Gasteiger partial charge on any atom is 0.150 e. The van der Waals surface area contributed by atoms with Gasteiger partial charge >= 0.3 is 0 Å². The summed E-state index contributed by atoms with van der Waals surface area (Å²) in [6.45, 7) is 2.41. The molecule has 0 amide bonds. The molecule has 0 aromatic heterocycles. The summed E-state index contributed by atoms with van der Waals surface area (Å²) in [6, 6.07) is 7.04. The lowest BCUT2D eigenvalue weighted by molar-refractivity contribution is 0.0716. The van der Waals surface area contributed by atoms with Crippen LogP contribution in [-0.2, 0) is 4.74 Å². The van der Waals surface area contributed by atoms with Gasteiger partial charge in [-0.1, -0.05) is 12.1 Å². The minimum absolute atomic E-state index is 0.0508. The van der Waals surface area contributed by atoms with E-state index in [1.54, 1.807) is 25.3 Å². The largest absolute Gasteiger partial charge is 0.491 e. The van der Waals surface area contributed by atoms with Crippen LogP contribution in [0.1, 0.15) is 17.3 Å². The van der Waals surface area contributed by atoms with Crippen LogP contribution in [0, 0.1) is 0 Å². The van der Waals surface area contributed by atoms with Crippen LogP contribution in [0.3, 0.4) is 0 Å². The molecule has 1 aromatic carbocycles. The summed E-state index contributed by atoms with van der Waals surface area (Å²) < 4.78 is 10.5. The molecule has 0 aliphatic heterocycles. The van der Waals surface area contributed by atoms with Crippen molar-refractivity contribution in [3.63, 3.8) is 0 Å². The van der Waals surface area contributed by atoms with Crippen LogP contribution in [0.15, 0.2) is 24.3 Å². The zero-order chi connectivity index (χ0) is 10.4. The highest BCUT2D eigenvalue weighted by Gasteiger charge is 2.01. The van der Waals surface area contributed by atoms with Gasteiger partial charge in [0.15, 0.2) is 0 Å². The summed E-state index contributed by atoms with van der Waals surface area (Å²) in [5.41, 5.74) is 0.618. The molecule has 0 bridgehead atoms. The van der Waals surface area contributed by atoms with Crippen molar-refractivity contribution in [1.82, 2.24) is 0 Å². The highest BCUT2D eigenvalue weighted by molar-refractivity contribution is 5.75. The number of rotatable bonds is 5. The van der Waals surface area contributed by atoms with E-state index in [0.29, 0.717) is 17.9 Å². The Labute approximate surface area is 83.6 Å². The number of hydrogen-bond donors (Lipinski definition) is 0. The van der Waals surface area contributed by atoms with Crippen molar-refractivity contribution in [2.24, 2.45) is 0 Å². The molecule has 1 rings (SSSR count). The van der Waals surface area contributed by atoms with E-state index in [1.807, 2.05) is 13.0 Å². The average molecular weight is 194 g/mol. The van der Waals surface area contributed by atoms with Gasteiger partial charge in [0.1, 0.15) is 18.6 Å². The second-order valence-electron chi connectivity index (χ2n) is 3.05. The van der Waals surface area contributed by atoms with Gasteiger partial charge in [-0.05, 0) is 19.1 Å². The first-order chi connectivity index (χ1) is 6.76. The van der Waals surface area contributed by atoms with Gasteiger partial charge in [-0.2, -0.15) is 0 Å². The monoisotopic (exact) mass is 194 g/mol. The van der Waals surface area contributed by atoms with Crippen molar-refractivity contribution < 1.29 is 14.3 Å². The number of hydrogen-bond acceptors (Lipinski definition) is 3. The fraction of sp³-hybridized carbons (Fsp3) is 0.364. The molecule has 0 aliphatic carbocycles. The molecule has 0 saturated heterocycles. The number of aldehydes is 1. The number of carbonyl (C=O) groups is 1. The highest BCUT2D eigenvalue weighted by atomic mass is 16.5. The Kier molecular flexibility index (Phi) is 4.13. The lowest BCUT2D eigenvalue weighted by atomic mass is 10.2. The van der Waals surface area contributed by atoms with Gasteiger partial charge in [0, 0.05) is 12.7 Å². The summed E-state index contributed by atoms with van der Waals surface area (Å²) >= 11 is 0. The number of methoxy groups -OCH3 is 1. The Bertz CT molecular complexity index is 296. The van der Waals surface area contributed by atoms with Crippen molar-refractivity contribution in [3.8, 4) is 5.75 Å². The van der Waals surface area contributed by atoms with Gasteiger partial charge in [-0.3, -0.25) is 4.79 Å². The first-order valence-electron chi connectivity index (χ1n) is 4.47. The van der Waals surface area contributed by atoms with Gasteiger partial charge in [-0.25, -0.2) is 0 Å². The zero-order valence-electron chi connectivity index (χ0n) is 8.40. The van der Waals surface area contributed by atoms with E-state index in [-0.39, 0.29) is 6.10 Å². The van der Waals surface area contributed by atoms with Gasteiger partial charge in [0.25, 0.3) is 0 Å². The second kappa shape index (κ2) is 5.40. The standard InChI is InChI=1S/C11H14O3/c1-9(13-2)8-14-11-5-3-4-10(6-11)7-12/h3-7,9H,8H2,1-2H3/t9-/m0/s1. The third-order valence-corrected chi connectivity index (χ3v) is 1.88. The van der Waals surface area contributed by atoms with Crippen molar-refractivity contribution in [3.05, 3.63) is 29.8 Å². The molecule has 0 saturated carbocycles. The number of carbonyl (C=O) groups excluding carboxylic acids is 1. The van der Waals surface area contributed by atoms with Crippen molar-refractivity contribution in [2.45, 2.75) is 13.0 Å². The zero-order valence-corrected chi connectivity index (χ0v) is 8.40. The van der Waals surface area contributed by atoms with Crippen LogP contribution in [0.2, 0.25) is 0 Å². The highest BCUT2D eigenvalue weighted by Crippen LogP contribution is 2.12. The molecule has 76 valence electrons. The third kappa shape index (κ3) is 3.18. The lowest BCUT2D eigenvalue weighted by Gasteiger charge is -2.11. The quantitative estimate of drug-likeness (QED) is 0.672. The molecule has 0 unspecified atom stereocenters. The van der Waals surface area contributed by atoms with Crippen LogP contribution >= 0.6 is 0 Å². The van der Waals surface area contributed by atoms with Gasteiger partial charge in [-0.15, -0.1) is 0 Å². The van der Waals surface area contributed by atoms with E-state index in [9.17, 15) is 4.79 Å². The number of ether oxygens (including phenoxy) is 2. The first kappa shape index (κ1) is 10.7. The van der Waals surface area contributed by atoms with Crippen molar-refractivity contribution >= 4 is 6.29 Å². The van der Waals surface area contributed by atoms with E-state index < -0.39 is 0 Å². The summed E-state index contributed by atoms with van der Waals surface area (Å²) in [5.74, 6) is 0.693. The minimum atomic E-state index is 0.0508. The van der Waals surface area contributed by atoms with E-state index in [4.69, 9.17) is 9.47 Å². The van der Waals surface area contributed by atoms with Gasteiger partial charge < -0.3 is 9.47 Å². The molecule has 0 N–H and O–H groups in total. The summed E-state index contributed by atoms with van der Waals surface area (Å²) in [6.07, 6.45) is 0.849. The maximum absolute atomic E-state index is 10.5. The normalized spacial score (nSPS) is 12.1. The van der Waals surface area contributed by atoms with Gasteiger partial charge in [0.2, 0.25) is 0 Å².